The standard InChI is InChI=1S/C10H10N4O2S2/c1-5-3-7(15)13-9(11-5)17-18-10-12-6(2)4-8(16)14-10/h3-4H,1-2H3,(H,11,13,15)(H,12,14,16). The molecule has 6 nitrogen and oxygen atoms in total. The molecule has 0 aromatic carbocycles. The highest BCUT2D eigenvalue weighted by Gasteiger charge is 2.04. The summed E-state index contributed by atoms with van der Waals surface area (Å²) in [5, 5.41) is 0.961. The van der Waals surface area contributed by atoms with Crippen LogP contribution in [0.2, 0.25) is 0 Å². The van der Waals surface area contributed by atoms with Gasteiger partial charge in [-0.25, -0.2) is 9.97 Å². The molecule has 2 aromatic rings. The molecule has 2 N–H and O–H groups in total. The van der Waals surface area contributed by atoms with Crippen LogP contribution in [0.5, 0.6) is 0 Å². The third-order valence-electron chi connectivity index (χ3n) is 1.90. The van der Waals surface area contributed by atoms with Crippen LogP contribution in [-0.4, -0.2) is 19.9 Å². The molecule has 8 heteroatoms. The second-order valence-electron chi connectivity index (χ2n) is 3.55. The van der Waals surface area contributed by atoms with Gasteiger partial charge in [0.2, 0.25) is 0 Å². The molecule has 0 atom stereocenters. The van der Waals surface area contributed by atoms with Gasteiger partial charge in [-0.05, 0) is 35.4 Å². The van der Waals surface area contributed by atoms with E-state index in [0.29, 0.717) is 21.7 Å². The molecule has 0 aliphatic rings. The van der Waals surface area contributed by atoms with E-state index in [1.165, 1.54) is 33.7 Å². The molecule has 2 heterocycles. The van der Waals surface area contributed by atoms with E-state index in [1.807, 2.05) is 0 Å². The van der Waals surface area contributed by atoms with Crippen LogP contribution in [0.1, 0.15) is 11.4 Å². The van der Waals surface area contributed by atoms with Crippen LogP contribution in [-0.2, 0) is 0 Å². The Balaban J connectivity index is 2.16. The summed E-state index contributed by atoms with van der Waals surface area (Å²) in [5.41, 5.74) is 0.896. The Bertz CT molecular complexity index is 621. The summed E-state index contributed by atoms with van der Waals surface area (Å²) in [6.07, 6.45) is 0. The summed E-state index contributed by atoms with van der Waals surface area (Å²) in [5.74, 6) is 0. The Morgan fingerprint density at radius 2 is 1.28 bits per heavy atom. The second-order valence-corrected chi connectivity index (χ2v) is 5.66. The number of aromatic nitrogens is 4. The normalized spacial score (nSPS) is 10.6. The van der Waals surface area contributed by atoms with Crippen molar-refractivity contribution in [3.63, 3.8) is 0 Å². The lowest BCUT2D eigenvalue weighted by atomic mass is 10.5. The van der Waals surface area contributed by atoms with Crippen LogP contribution >= 0.6 is 21.6 Å². The van der Waals surface area contributed by atoms with Crippen molar-refractivity contribution >= 4 is 21.6 Å². The van der Waals surface area contributed by atoms with Crippen molar-refractivity contribution in [2.75, 3.05) is 0 Å². The predicted octanol–water partition coefficient (Wildman–Crippen LogP) is 1.27. The highest BCUT2D eigenvalue weighted by Crippen LogP contribution is 2.31. The van der Waals surface area contributed by atoms with E-state index >= 15 is 0 Å². The minimum absolute atomic E-state index is 0.198. The van der Waals surface area contributed by atoms with E-state index < -0.39 is 0 Å². The fourth-order valence-corrected chi connectivity index (χ4v) is 3.01. The number of nitrogens with zero attached hydrogens (tertiary/aromatic N) is 2. The molecule has 0 fully saturated rings. The first-order valence-corrected chi connectivity index (χ1v) is 7.18. The van der Waals surface area contributed by atoms with Crippen molar-refractivity contribution in [1.29, 1.82) is 0 Å². The number of rotatable bonds is 3. The quantitative estimate of drug-likeness (QED) is 0.650. The van der Waals surface area contributed by atoms with Crippen molar-refractivity contribution < 1.29 is 0 Å². The van der Waals surface area contributed by atoms with Crippen LogP contribution in [0, 0.1) is 13.8 Å². The molecule has 0 radical (unpaired) electrons. The molecule has 0 saturated heterocycles. The minimum atomic E-state index is -0.198. The maximum atomic E-state index is 11.2. The van der Waals surface area contributed by atoms with E-state index in [4.69, 9.17) is 0 Å². The summed E-state index contributed by atoms with van der Waals surface area (Å²) in [6.45, 7) is 3.49. The van der Waals surface area contributed by atoms with E-state index in [0.717, 1.165) is 0 Å². The Kier molecular flexibility index (Phi) is 3.87. The largest absolute Gasteiger partial charge is 0.301 e. The van der Waals surface area contributed by atoms with Gasteiger partial charge < -0.3 is 9.97 Å². The molecule has 18 heavy (non-hydrogen) atoms. The van der Waals surface area contributed by atoms with Gasteiger partial charge in [0.25, 0.3) is 11.1 Å². The number of aryl methyl sites for hydroxylation is 2. The van der Waals surface area contributed by atoms with Gasteiger partial charge in [0.1, 0.15) is 0 Å². The highest BCUT2D eigenvalue weighted by molar-refractivity contribution is 8.76. The maximum absolute atomic E-state index is 11.2. The van der Waals surface area contributed by atoms with Gasteiger partial charge in [0, 0.05) is 23.5 Å². The van der Waals surface area contributed by atoms with Crippen molar-refractivity contribution in [2.45, 2.75) is 24.2 Å². The number of nitrogens with one attached hydrogen (secondary N) is 2. The van der Waals surface area contributed by atoms with E-state index in [2.05, 4.69) is 19.9 Å². The Hall–Kier alpha value is -1.54. The number of aromatic amines is 2. The molecule has 0 spiro atoms. The van der Waals surface area contributed by atoms with Crippen molar-refractivity contribution in [3.05, 3.63) is 44.2 Å². The number of hydrogen-bond acceptors (Lipinski definition) is 6. The lowest BCUT2D eigenvalue weighted by Crippen LogP contribution is -2.08. The van der Waals surface area contributed by atoms with Crippen molar-refractivity contribution in [3.8, 4) is 0 Å². The van der Waals surface area contributed by atoms with E-state index in [9.17, 15) is 9.59 Å². The van der Waals surface area contributed by atoms with Crippen LogP contribution in [0.4, 0.5) is 0 Å². The molecular formula is C10H10N4O2S2. The third kappa shape index (κ3) is 3.47. The zero-order valence-electron chi connectivity index (χ0n) is 9.68. The van der Waals surface area contributed by atoms with Gasteiger partial charge in [-0.1, -0.05) is 0 Å². The van der Waals surface area contributed by atoms with Crippen LogP contribution < -0.4 is 11.1 Å². The van der Waals surface area contributed by atoms with Gasteiger partial charge in [0.15, 0.2) is 10.3 Å². The van der Waals surface area contributed by atoms with E-state index in [-0.39, 0.29) is 11.1 Å². The Morgan fingerprint density at radius 3 is 1.61 bits per heavy atom. The average molecular weight is 282 g/mol. The molecule has 0 aliphatic carbocycles. The summed E-state index contributed by atoms with van der Waals surface area (Å²) in [6, 6.07) is 2.84. The SMILES string of the molecule is Cc1cc(=O)[nH]c(SSc2nc(C)cc(=O)[nH]2)n1. The molecule has 0 bridgehead atoms. The Morgan fingerprint density at radius 1 is 0.889 bits per heavy atom. The first kappa shape index (κ1) is 12.9. The highest BCUT2D eigenvalue weighted by atomic mass is 33.1. The molecule has 2 aromatic heterocycles. The molecule has 94 valence electrons. The molecular weight excluding hydrogens is 272 g/mol. The third-order valence-corrected chi connectivity index (χ3v) is 3.88. The summed E-state index contributed by atoms with van der Waals surface area (Å²) < 4.78 is 0. The predicted molar refractivity (Wildman–Crippen MR) is 70.9 cm³/mol. The lowest BCUT2D eigenvalue weighted by Gasteiger charge is -2.01. The van der Waals surface area contributed by atoms with Crippen LogP contribution in [0.15, 0.2) is 32.0 Å². The van der Waals surface area contributed by atoms with Gasteiger partial charge in [0.05, 0.1) is 0 Å². The van der Waals surface area contributed by atoms with E-state index in [1.54, 1.807) is 13.8 Å². The lowest BCUT2D eigenvalue weighted by molar-refractivity contribution is 0.904. The van der Waals surface area contributed by atoms with Crippen LogP contribution in [0.3, 0.4) is 0 Å². The summed E-state index contributed by atoms with van der Waals surface area (Å²) in [4.78, 5) is 36.0. The van der Waals surface area contributed by atoms with Crippen molar-refractivity contribution in [2.24, 2.45) is 0 Å². The molecule has 0 saturated carbocycles. The maximum Gasteiger partial charge on any atom is 0.251 e. The zero-order chi connectivity index (χ0) is 13.1. The molecule has 0 amide bonds. The number of H-pyrrole nitrogens is 2. The first-order valence-electron chi connectivity index (χ1n) is 5.03. The monoisotopic (exact) mass is 282 g/mol. The molecule has 0 aliphatic heterocycles. The smallest absolute Gasteiger partial charge is 0.251 e. The zero-order valence-corrected chi connectivity index (χ0v) is 11.3. The fourth-order valence-electron chi connectivity index (χ4n) is 1.26. The Labute approximate surface area is 110 Å². The van der Waals surface area contributed by atoms with Crippen molar-refractivity contribution in [1.82, 2.24) is 19.9 Å². The molecule has 0 unspecified atom stereocenters. The summed E-state index contributed by atoms with van der Waals surface area (Å²) >= 11 is 0. The summed E-state index contributed by atoms with van der Waals surface area (Å²) in [7, 11) is 2.47. The first-order chi connectivity index (χ1) is 8.52. The average Bonchev–Trinajstić information content (AvgIpc) is 2.23. The van der Waals surface area contributed by atoms with Gasteiger partial charge in [-0.2, -0.15) is 0 Å². The van der Waals surface area contributed by atoms with Crippen LogP contribution in [0.25, 0.3) is 0 Å². The minimum Gasteiger partial charge on any atom is -0.301 e. The molecule has 2 rings (SSSR count). The second kappa shape index (κ2) is 5.40. The topological polar surface area (TPSA) is 91.5 Å². The van der Waals surface area contributed by atoms with Gasteiger partial charge >= 0.3 is 0 Å². The number of hydrogen-bond donors (Lipinski definition) is 2. The van der Waals surface area contributed by atoms with Gasteiger partial charge in [-0.15, -0.1) is 0 Å². The van der Waals surface area contributed by atoms with Gasteiger partial charge in [-0.3, -0.25) is 9.59 Å². The fraction of sp³-hybridized carbons (Fsp3) is 0.200.